The van der Waals surface area contributed by atoms with Gasteiger partial charge in [-0.1, -0.05) is 12.1 Å². The van der Waals surface area contributed by atoms with Crippen LogP contribution in [-0.4, -0.2) is 31.5 Å². The van der Waals surface area contributed by atoms with Crippen molar-refractivity contribution in [1.29, 1.82) is 0 Å². The summed E-state index contributed by atoms with van der Waals surface area (Å²) < 4.78 is 15.7. The van der Waals surface area contributed by atoms with Gasteiger partial charge < -0.3 is 15.6 Å². The first-order chi connectivity index (χ1) is 14.3. The average molecular weight is 410 g/mol. The number of anilines is 1. The van der Waals surface area contributed by atoms with E-state index in [9.17, 15) is 9.18 Å². The number of fused-ring (bicyclic) bond motifs is 2. The maximum atomic E-state index is 13.9. The Balaban J connectivity index is 1.71. The second-order valence-electron chi connectivity index (χ2n) is 8.28. The number of carbonyl (C=O) groups is 1. The zero-order chi connectivity index (χ0) is 21.4. The summed E-state index contributed by atoms with van der Waals surface area (Å²) in [4.78, 5) is 24.4. The van der Waals surface area contributed by atoms with Crippen LogP contribution in [0, 0.1) is 13.0 Å². The van der Waals surface area contributed by atoms with Crippen molar-refractivity contribution in [2.75, 3.05) is 5.73 Å². The number of aryl methyl sites for hydroxylation is 4. The highest BCUT2D eigenvalue weighted by atomic mass is 19.1. The second kappa shape index (κ2) is 8.01. The summed E-state index contributed by atoms with van der Waals surface area (Å²) in [5, 5.41) is 2.88. The zero-order valence-corrected chi connectivity index (χ0v) is 17.6. The molecule has 0 bridgehead atoms. The van der Waals surface area contributed by atoms with E-state index in [-0.39, 0.29) is 24.2 Å². The smallest absolute Gasteiger partial charge is 0.312 e. The van der Waals surface area contributed by atoms with E-state index in [1.807, 2.05) is 13.8 Å². The summed E-state index contributed by atoms with van der Waals surface area (Å²) in [6, 6.07) is 4.57. The van der Waals surface area contributed by atoms with Gasteiger partial charge in [-0.15, -0.1) is 0 Å². The van der Waals surface area contributed by atoms with Gasteiger partial charge in [-0.05, 0) is 62.3 Å². The number of nitrogens with one attached hydrogen (secondary N) is 1. The van der Waals surface area contributed by atoms with Crippen molar-refractivity contribution in [3.63, 3.8) is 0 Å². The number of aromatic nitrogens is 4. The van der Waals surface area contributed by atoms with Crippen LogP contribution in [0.15, 0.2) is 12.1 Å². The van der Waals surface area contributed by atoms with E-state index in [0.717, 1.165) is 12.8 Å². The molecule has 1 aliphatic carbocycles. The molecular weight excluding hydrogens is 383 g/mol. The fourth-order valence-corrected chi connectivity index (χ4v) is 4.18. The maximum Gasteiger partial charge on any atom is 0.312 e. The van der Waals surface area contributed by atoms with Crippen molar-refractivity contribution in [1.82, 2.24) is 24.8 Å². The van der Waals surface area contributed by atoms with Crippen molar-refractivity contribution in [2.24, 2.45) is 0 Å². The molecule has 0 atom stereocenters. The molecule has 1 amide bonds. The molecular formula is C22H27FN6O. The van der Waals surface area contributed by atoms with Gasteiger partial charge in [0.2, 0.25) is 5.91 Å². The summed E-state index contributed by atoms with van der Waals surface area (Å²) in [5.74, 6) is 0.638. The molecule has 0 aliphatic heterocycles. The number of rotatable bonds is 6. The van der Waals surface area contributed by atoms with Crippen molar-refractivity contribution in [3.05, 3.63) is 46.3 Å². The largest absolute Gasteiger partial charge is 0.382 e. The number of nitrogens with zero attached hydrogens (tertiary/aromatic N) is 4. The Labute approximate surface area is 174 Å². The molecule has 158 valence electrons. The third kappa shape index (κ3) is 3.99. The summed E-state index contributed by atoms with van der Waals surface area (Å²) >= 11 is 0. The molecule has 2 aromatic heterocycles. The monoisotopic (exact) mass is 410 g/mol. The number of halogens is 1. The first-order valence-electron chi connectivity index (χ1n) is 10.4. The molecule has 2 heterocycles. The van der Waals surface area contributed by atoms with E-state index >= 15 is 0 Å². The Bertz CT molecular complexity index is 1120. The normalized spacial score (nSPS) is 13.2. The maximum absolute atomic E-state index is 13.9. The number of carbonyl (C=O) groups excluding carboxylic acids is 1. The van der Waals surface area contributed by atoms with Crippen LogP contribution in [-0.2, 0) is 30.6 Å². The molecule has 30 heavy (non-hydrogen) atoms. The highest BCUT2D eigenvalue weighted by Gasteiger charge is 2.20. The van der Waals surface area contributed by atoms with Crippen LogP contribution in [0.1, 0.15) is 54.8 Å². The molecule has 3 N–H and O–H groups in total. The zero-order valence-electron chi connectivity index (χ0n) is 17.6. The molecule has 7 nitrogen and oxygen atoms in total. The number of benzene rings is 1. The lowest BCUT2D eigenvalue weighted by Crippen LogP contribution is -2.30. The fraction of sp³-hybridized carbons (Fsp3) is 0.455. The van der Waals surface area contributed by atoms with Crippen LogP contribution >= 0.6 is 0 Å². The summed E-state index contributed by atoms with van der Waals surface area (Å²) in [5.41, 5.74) is 11.8. The van der Waals surface area contributed by atoms with Crippen LogP contribution in [0.5, 0.6) is 0 Å². The van der Waals surface area contributed by atoms with Gasteiger partial charge >= 0.3 is 6.08 Å². The van der Waals surface area contributed by atoms with E-state index in [1.165, 1.54) is 28.7 Å². The van der Waals surface area contributed by atoms with E-state index in [1.54, 1.807) is 4.57 Å². The van der Waals surface area contributed by atoms with Crippen molar-refractivity contribution >= 4 is 22.9 Å². The molecule has 0 unspecified atom stereocenters. The number of imidazole rings is 1. The Hall–Kier alpha value is -3.03. The number of hydrogen-bond donors (Lipinski definition) is 2. The van der Waals surface area contributed by atoms with E-state index in [0.29, 0.717) is 30.0 Å². The van der Waals surface area contributed by atoms with E-state index in [4.69, 9.17) is 5.73 Å². The Kier molecular flexibility index (Phi) is 5.40. The molecule has 1 aliphatic rings. The van der Waals surface area contributed by atoms with Gasteiger partial charge in [0.15, 0.2) is 17.0 Å². The fourth-order valence-electron chi connectivity index (χ4n) is 4.18. The first kappa shape index (κ1) is 20.3. The predicted molar refractivity (Wildman–Crippen MR) is 114 cm³/mol. The van der Waals surface area contributed by atoms with Crippen molar-refractivity contribution < 1.29 is 9.18 Å². The van der Waals surface area contributed by atoms with Crippen LogP contribution < -0.4 is 11.1 Å². The van der Waals surface area contributed by atoms with Crippen LogP contribution in [0.25, 0.3) is 11.2 Å². The second-order valence-corrected chi connectivity index (χ2v) is 8.28. The van der Waals surface area contributed by atoms with Crippen LogP contribution in [0.4, 0.5) is 10.2 Å². The molecule has 1 aromatic carbocycles. The molecule has 0 saturated carbocycles. The van der Waals surface area contributed by atoms with Crippen LogP contribution in [0.2, 0.25) is 0 Å². The summed E-state index contributed by atoms with van der Waals surface area (Å²) in [6.45, 7) is 6.26. The van der Waals surface area contributed by atoms with E-state index < -0.39 is 6.08 Å². The van der Waals surface area contributed by atoms with Gasteiger partial charge in [0.1, 0.15) is 5.82 Å². The average Bonchev–Trinajstić information content (AvgIpc) is 3.24. The van der Waals surface area contributed by atoms with Crippen LogP contribution in [0.3, 0.4) is 0 Å². The molecule has 0 spiro atoms. The number of amides is 1. The SMILES string of the molecule is Cc1cc2c(cc1Cc1nc3c(N)nc(F)nc3n1CCC(=O)NC(C)C)CCC2. The molecule has 0 saturated heterocycles. The quantitative estimate of drug-likeness (QED) is 0.609. The molecule has 3 aromatic rings. The highest BCUT2D eigenvalue weighted by Crippen LogP contribution is 2.28. The van der Waals surface area contributed by atoms with Gasteiger partial charge in [0.25, 0.3) is 0 Å². The minimum atomic E-state index is -0.895. The van der Waals surface area contributed by atoms with Gasteiger partial charge in [0.05, 0.1) is 0 Å². The first-order valence-corrected chi connectivity index (χ1v) is 10.4. The molecule has 4 rings (SSSR count). The summed E-state index contributed by atoms with van der Waals surface area (Å²) in [7, 11) is 0. The summed E-state index contributed by atoms with van der Waals surface area (Å²) in [6.07, 6.45) is 3.32. The lowest BCUT2D eigenvalue weighted by Gasteiger charge is -2.13. The van der Waals surface area contributed by atoms with E-state index in [2.05, 4.69) is 39.3 Å². The third-order valence-corrected chi connectivity index (χ3v) is 5.58. The van der Waals surface area contributed by atoms with Gasteiger partial charge in [-0.25, -0.2) is 4.98 Å². The molecule has 8 heteroatoms. The molecule has 0 radical (unpaired) electrons. The van der Waals surface area contributed by atoms with Gasteiger partial charge in [-0.2, -0.15) is 14.4 Å². The Morgan fingerprint density at radius 3 is 2.70 bits per heavy atom. The number of nitrogen functional groups attached to an aromatic ring is 1. The van der Waals surface area contributed by atoms with Gasteiger partial charge in [0, 0.05) is 25.4 Å². The highest BCUT2D eigenvalue weighted by molar-refractivity contribution is 5.82. The lowest BCUT2D eigenvalue weighted by molar-refractivity contribution is -0.121. The predicted octanol–water partition coefficient (Wildman–Crippen LogP) is 2.85. The van der Waals surface area contributed by atoms with Crippen molar-refractivity contribution in [3.8, 4) is 0 Å². The van der Waals surface area contributed by atoms with Crippen molar-refractivity contribution in [2.45, 2.75) is 65.5 Å². The Morgan fingerprint density at radius 1 is 1.23 bits per heavy atom. The topological polar surface area (TPSA) is 98.7 Å². The Morgan fingerprint density at radius 2 is 1.97 bits per heavy atom. The number of nitrogens with two attached hydrogens (primary N) is 1. The lowest BCUT2D eigenvalue weighted by atomic mass is 9.98. The third-order valence-electron chi connectivity index (χ3n) is 5.58. The minimum absolute atomic E-state index is 0.00908. The number of hydrogen-bond acceptors (Lipinski definition) is 5. The molecule has 0 fully saturated rings. The van der Waals surface area contributed by atoms with Gasteiger partial charge in [-0.3, -0.25) is 4.79 Å². The standard InChI is InChI=1S/C22H27FN6O/c1-12(2)25-18(30)7-8-29-17(26-19-20(24)27-22(23)28-21(19)29)11-16-10-15-6-4-5-14(15)9-13(16)3/h9-10,12H,4-8,11H2,1-3H3,(H,25,30)(H2,24,27,28). The minimum Gasteiger partial charge on any atom is -0.382 e.